The van der Waals surface area contributed by atoms with E-state index in [0.717, 1.165) is 24.0 Å². The molecule has 2 heterocycles. The van der Waals surface area contributed by atoms with Crippen LogP contribution in [-0.2, 0) is 16.6 Å². The molecule has 1 fully saturated rings. The number of carbonyl (C=O) groups excluding carboxylic acids is 1. The third kappa shape index (κ3) is 5.31. The second-order valence-corrected chi connectivity index (χ2v) is 11.3. The van der Waals surface area contributed by atoms with E-state index in [0.29, 0.717) is 42.5 Å². The first-order valence-electron chi connectivity index (χ1n) is 11.8. The Morgan fingerprint density at radius 3 is 2.37 bits per heavy atom. The van der Waals surface area contributed by atoms with Gasteiger partial charge in [-0.05, 0) is 74.9 Å². The lowest BCUT2D eigenvalue weighted by Gasteiger charge is -2.29. The lowest BCUT2D eigenvalue weighted by Crippen LogP contribution is -2.38. The molecule has 1 aliphatic rings. The van der Waals surface area contributed by atoms with Crippen molar-refractivity contribution in [3.63, 3.8) is 0 Å². The Balaban J connectivity index is 1.49. The number of sulfonamides is 1. The molecule has 1 N–H and O–H groups in total. The molecule has 0 saturated carbocycles. The van der Waals surface area contributed by atoms with Gasteiger partial charge in [-0.25, -0.2) is 12.8 Å². The van der Waals surface area contributed by atoms with Gasteiger partial charge in [-0.15, -0.1) is 0 Å². The smallest absolute Gasteiger partial charge is 0.255 e. The molecule has 35 heavy (non-hydrogen) atoms. The fourth-order valence-corrected chi connectivity index (χ4v) is 6.26. The summed E-state index contributed by atoms with van der Waals surface area (Å²) in [5, 5.41) is 7.09. The van der Waals surface area contributed by atoms with Crippen molar-refractivity contribution in [2.45, 2.75) is 52.0 Å². The first-order chi connectivity index (χ1) is 16.6. The first kappa shape index (κ1) is 25.1. The Morgan fingerprint density at radius 2 is 1.74 bits per heavy atom. The summed E-state index contributed by atoms with van der Waals surface area (Å²) in [7, 11) is -3.61. The number of nitrogens with zero attached hydrogens (tertiary/aromatic N) is 3. The highest BCUT2D eigenvalue weighted by atomic mass is 32.2. The molecule has 1 aromatic heterocycles. The molecule has 0 radical (unpaired) electrons. The van der Waals surface area contributed by atoms with Gasteiger partial charge in [0.2, 0.25) is 10.0 Å². The maximum Gasteiger partial charge on any atom is 0.255 e. The summed E-state index contributed by atoms with van der Waals surface area (Å²) < 4.78 is 43.9. The molecule has 4 rings (SSSR count). The number of aryl methyl sites for hydroxylation is 2. The predicted molar refractivity (Wildman–Crippen MR) is 133 cm³/mol. The van der Waals surface area contributed by atoms with Gasteiger partial charge in [0.1, 0.15) is 10.7 Å². The summed E-state index contributed by atoms with van der Waals surface area (Å²) in [5.74, 6) is -0.355. The van der Waals surface area contributed by atoms with Crippen LogP contribution in [0, 0.1) is 32.5 Å². The quantitative estimate of drug-likeness (QED) is 0.535. The van der Waals surface area contributed by atoms with Crippen LogP contribution in [0.2, 0.25) is 0 Å². The van der Waals surface area contributed by atoms with Gasteiger partial charge in [0.25, 0.3) is 5.91 Å². The number of rotatable bonds is 6. The first-order valence-corrected chi connectivity index (χ1v) is 13.2. The number of nitrogens with one attached hydrogen (secondary N) is 1. The average Bonchev–Trinajstić information content (AvgIpc) is 3.09. The second kappa shape index (κ2) is 9.91. The molecule has 0 bridgehead atoms. The molecule has 0 aliphatic carbocycles. The molecule has 0 atom stereocenters. The monoisotopic (exact) mass is 498 g/mol. The van der Waals surface area contributed by atoms with Crippen molar-refractivity contribution in [1.82, 2.24) is 14.1 Å². The lowest BCUT2D eigenvalue weighted by atomic mass is 10.0. The summed E-state index contributed by atoms with van der Waals surface area (Å²) in [6, 6.07) is 11.5. The van der Waals surface area contributed by atoms with Crippen LogP contribution in [-0.4, -0.2) is 41.5 Å². The number of carbonyl (C=O) groups is 1. The van der Waals surface area contributed by atoms with Crippen LogP contribution in [0.25, 0.3) is 0 Å². The lowest BCUT2D eigenvalue weighted by molar-refractivity contribution is 0.102. The molecule has 0 unspecified atom stereocenters. The molecule has 3 aromatic rings. The summed E-state index contributed by atoms with van der Waals surface area (Å²) >= 11 is 0. The summed E-state index contributed by atoms with van der Waals surface area (Å²) in [5.41, 5.74) is 3.24. The number of halogens is 1. The van der Waals surface area contributed by atoms with E-state index < -0.39 is 21.7 Å². The van der Waals surface area contributed by atoms with Gasteiger partial charge in [-0.1, -0.05) is 25.1 Å². The molecule has 0 spiro atoms. The zero-order valence-corrected chi connectivity index (χ0v) is 21.3. The standard InChI is InChI=1S/C26H31FN4O3S/c1-17-11-13-30(14-12-17)35(33,34)25-19(3)29-31(20(25)4)16-21-6-8-22(9-7-21)26(32)28-24-10-5-18(2)15-23(24)27/h5-10,15,17H,11-14,16H2,1-4H3,(H,28,32). The largest absolute Gasteiger partial charge is 0.319 e. The van der Waals surface area contributed by atoms with Crippen LogP contribution in [0.5, 0.6) is 0 Å². The van der Waals surface area contributed by atoms with E-state index in [-0.39, 0.29) is 10.6 Å². The molecule has 1 amide bonds. The van der Waals surface area contributed by atoms with Crippen molar-refractivity contribution < 1.29 is 17.6 Å². The highest BCUT2D eigenvalue weighted by Gasteiger charge is 2.33. The highest BCUT2D eigenvalue weighted by molar-refractivity contribution is 7.89. The Morgan fingerprint density at radius 1 is 1.09 bits per heavy atom. The van der Waals surface area contributed by atoms with Gasteiger partial charge >= 0.3 is 0 Å². The maximum atomic E-state index is 14.1. The van der Waals surface area contributed by atoms with Crippen molar-refractivity contribution >= 4 is 21.6 Å². The third-order valence-corrected chi connectivity index (χ3v) is 8.73. The van der Waals surface area contributed by atoms with Crippen LogP contribution in [0.1, 0.15) is 52.6 Å². The number of amides is 1. The van der Waals surface area contributed by atoms with Crippen LogP contribution in [0.3, 0.4) is 0 Å². The van der Waals surface area contributed by atoms with Gasteiger partial charge in [0.05, 0.1) is 23.6 Å². The minimum absolute atomic E-state index is 0.129. The Labute approximate surface area is 206 Å². The predicted octanol–water partition coefficient (Wildman–Crippen LogP) is 4.67. The topological polar surface area (TPSA) is 84.3 Å². The molecule has 1 aliphatic heterocycles. The maximum absolute atomic E-state index is 14.1. The van der Waals surface area contributed by atoms with Crippen molar-refractivity contribution in [2.75, 3.05) is 18.4 Å². The zero-order chi connectivity index (χ0) is 25.3. The average molecular weight is 499 g/mol. The van der Waals surface area contributed by atoms with Crippen LogP contribution in [0.4, 0.5) is 10.1 Å². The SMILES string of the molecule is Cc1ccc(NC(=O)c2ccc(Cn3nc(C)c(S(=O)(=O)N4CCC(C)CC4)c3C)cc2)c(F)c1. The number of piperidine rings is 1. The Kier molecular flexibility index (Phi) is 7.10. The Hall–Kier alpha value is -3.04. The number of anilines is 1. The molecular weight excluding hydrogens is 467 g/mol. The fraction of sp³-hybridized carbons (Fsp3) is 0.385. The molecular formula is C26H31FN4O3S. The molecule has 7 nitrogen and oxygen atoms in total. The van der Waals surface area contributed by atoms with Crippen molar-refractivity contribution in [1.29, 1.82) is 0 Å². The molecule has 9 heteroatoms. The van der Waals surface area contributed by atoms with E-state index in [4.69, 9.17) is 0 Å². The summed E-state index contributed by atoms with van der Waals surface area (Å²) in [6.45, 7) is 8.86. The third-order valence-electron chi connectivity index (χ3n) is 6.58. The number of aromatic nitrogens is 2. The van der Waals surface area contributed by atoms with E-state index >= 15 is 0 Å². The number of benzene rings is 2. The van der Waals surface area contributed by atoms with Crippen molar-refractivity contribution in [2.24, 2.45) is 5.92 Å². The normalized spacial score (nSPS) is 15.3. The number of hydrogen-bond acceptors (Lipinski definition) is 4. The van der Waals surface area contributed by atoms with Crippen molar-refractivity contribution in [3.05, 3.63) is 76.4 Å². The van der Waals surface area contributed by atoms with E-state index in [1.54, 1.807) is 60.1 Å². The van der Waals surface area contributed by atoms with E-state index in [2.05, 4.69) is 17.3 Å². The summed E-state index contributed by atoms with van der Waals surface area (Å²) in [6.07, 6.45) is 1.73. The Bertz CT molecular complexity index is 1340. The van der Waals surface area contributed by atoms with Gasteiger partial charge in [-0.3, -0.25) is 9.48 Å². The van der Waals surface area contributed by atoms with Gasteiger partial charge < -0.3 is 5.32 Å². The van der Waals surface area contributed by atoms with Crippen LogP contribution >= 0.6 is 0 Å². The highest BCUT2D eigenvalue weighted by Crippen LogP contribution is 2.28. The van der Waals surface area contributed by atoms with Gasteiger partial charge in [-0.2, -0.15) is 9.40 Å². The molecule has 1 saturated heterocycles. The minimum Gasteiger partial charge on any atom is -0.319 e. The second-order valence-electron chi connectivity index (χ2n) is 9.38. The van der Waals surface area contributed by atoms with Crippen LogP contribution < -0.4 is 5.32 Å². The molecule has 186 valence electrons. The van der Waals surface area contributed by atoms with E-state index in [1.165, 1.54) is 12.1 Å². The zero-order valence-electron chi connectivity index (χ0n) is 20.5. The van der Waals surface area contributed by atoms with Crippen molar-refractivity contribution in [3.8, 4) is 0 Å². The van der Waals surface area contributed by atoms with Gasteiger partial charge in [0.15, 0.2) is 0 Å². The van der Waals surface area contributed by atoms with Crippen LogP contribution in [0.15, 0.2) is 47.4 Å². The summed E-state index contributed by atoms with van der Waals surface area (Å²) in [4.78, 5) is 12.8. The van der Waals surface area contributed by atoms with E-state index in [9.17, 15) is 17.6 Å². The fourth-order valence-electron chi connectivity index (χ4n) is 4.41. The van der Waals surface area contributed by atoms with E-state index in [1.807, 2.05) is 0 Å². The van der Waals surface area contributed by atoms with Gasteiger partial charge in [0, 0.05) is 18.7 Å². The molecule has 2 aromatic carbocycles. The number of hydrogen-bond donors (Lipinski definition) is 1. The minimum atomic E-state index is -3.61.